The van der Waals surface area contributed by atoms with Crippen LogP contribution >= 0.6 is 23.1 Å². The average molecular weight is 490 g/mol. The van der Waals surface area contributed by atoms with Gasteiger partial charge >= 0.3 is 0 Å². The van der Waals surface area contributed by atoms with Crippen LogP contribution in [0.1, 0.15) is 13.3 Å². The third-order valence-electron chi connectivity index (χ3n) is 5.11. The molecule has 2 heterocycles. The molecule has 0 saturated carbocycles. The fourth-order valence-electron chi connectivity index (χ4n) is 3.51. The van der Waals surface area contributed by atoms with Crippen molar-refractivity contribution in [2.24, 2.45) is 0 Å². The highest BCUT2D eigenvalue weighted by Crippen LogP contribution is 2.35. The highest BCUT2D eigenvalue weighted by atomic mass is 32.2. The number of nitrogens with zero attached hydrogens (tertiary/aromatic N) is 5. The van der Waals surface area contributed by atoms with E-state index in [2.05, 4.69) is 16.3 Å². The van der Waals surface area contributed by atoms with E-state index in [1.165, 1.54) is 11.8 Å². The monoisotopic (exact) mass is 489 g/mol. The largest absolute Gasteiger partial charge is 0.495 e. The summed E-state index contributed by atoms with van der Waals surface area (Å²) in [5, 5.41) is 20.1. The van der Waals surface area contributed by atoms with Crippen molar-refractivity contribution in [3.8, 4) is 28.2 Å². The third kappa shape index (κ3) is 4.98. The number of para-hydroxylation sites is 3. The number of thioether (sulfide) groups is 1. The molecule has 4 rings (SSSR count). The van der Waals surface area contributed by atoms with Gasteiger partial charge in [-0.15, -0.1) is 21.5 Å². The standard InChI is InChI=1S/C25H23N5O2S2/c1-18(24(31)29(16-9-15-26)19-10-4-3-5-11-19)34-25-28-27-23(22-14-8-17-33-22)30(25)20-12-6-7-13-21(20)32-2/h3-8,10-14,17-18H,9,16H2,1-2H3. The maximum absolute atomic E-state index is 13.5. The van der Waals surface area contributed by atoms with Crippen LogP contribution in [0.3, 0.4) is 0 Å². The predicted molar refractivity (Wildman–Crippen MR) is 136 cm³/mol. The summed E-state index contributed by atoms with van der Waals surface area (Å²) in [7, 11) is 1.62. The van der Waals surface area contributed by atoms with Crippen LogP contribution < -0.4 is 9.64 Å². The molecule has 1 unspecified atom stereocenters. The second kappa shape index (κ2) is 11.0. The van der Waals surface area contributed by atoms with E-state index in [1.807, 2.05) is 83.6 Å². The molecule has 0 N–H and O–H groups in total. The first kappa shape index (κ1) is 23.5. The molecule has 2 aromatic carbocycles. The van der Waals surface area contributed by atoms with Gasteiger partial charge in [-0.1, -0.05) is 48.2 Å². The van der Waals surface area contributed by atoms with Crippen molar-refractivity contribution in [3.05, 3.63) is 72.1 Å². The van der Waals surface area contributed by atoms with Crippen LogP contribution in [0.4, 0.5) is 5.69 Å². The Morgan fingerprint density at radius 1 is 1.15 bits per heavy atom. The summed E-state index contributed by atoms with van der Waals surface area (Å²) in [5.41, 5.74) is 1.56. The lowest BCUT2D eigenvalue weighted by Gasteiger charge is -2.25. The normalized spacial score (nSPS) is 11.6. The van der Waals surface area contributed by atoms with E-state index in [9.17, 15) is 4.79 Å². The van der Waals surface area contributed by atoms with Crippen molar-refractivity contribution in [1.29, 1.82) is 5.26 Å². The molecule has 0 aliphatic carbocycles. The Labute approximate surface area is 206 Å². The number of nitriles is 1. The molecule has 1 atom stereocenters. The van der Waals surface area contributed by atoms with E-state index >= 15 is 0 Å². The van der Waals surface area contributed by atoms with Gasteiger partial charge in [0.25, 0.3) is 0 Å². The summed E-state index contributed by atoms with van der Waals surface area (Å²) in [6.07, 6.45) is 0.248. The van der Waals surface area contributed by atoms with E-state index in [4.69, 9.17) is 10.00 Å². The number of hydrogen-bond donors (Lipinski definition) is 0. The van der Waals surface area contributed by atoms with Gasteiger partial charge in [-0.25, -0.2) is 0 Å². The van der Waals surface area contributed by atoms with Crippen LogP contribution in [0.25, 0.3) is 16.4 Å². The number of rotatable bonds is 9. The van der Waals surface area contributed by atoms with Gasteiger partial charge in [0.15, 0.2) is 11.0 Å². The van der Waals surface area contributed by atoms with Crippen LogP contribution in [0.2, 0.25) is 0 Å². The number of benzene rings is 2. The van der Waals surface area contributed by atoms with Gasteiger partial charge in [-0.3, -0.25) is 9.36 Å². The minimum atomic E-state index is -0.465. The quantitative estimate of drug-likeness (QED) is 0.292. The Balaban J connectivity index is 1.69. The molecule has 1 amide bonds. The Morgan fingerprint density at radius 2 is 1.91 bits per heavy atom. The number of ether oxygens (including phenoxy) is 1. The van der Waals surface area contributed by atoms with E-state index < -0.39 is 5.25 Å². The van der Waals surface area contributed by atoms with Crippen molar-refractivity contribution in [3.63, 3.8) is 0 Å². The number of carbonyl (C=O) groups is 1. The van der Waals surface area contributed by atoms with Crippen LogP contribution in [-0.4, -0.2) is 39.6 Å². The molecule has 4 aromatic rings. The lowest BCUT2D eigenvalue weighted by atomic mass is 10.2. The molecule has 7 nitrogen and oxygen atoms in total. The van der Waals surface area contributed by atoms with Gasteiger partial charge in [0.1, 0.15) is 5.75 Å². The number of carbonyl (C=O) groups excluding carboxylic acids is 1. The van der Waals surface area contributed by atoms with Crippen molar-refractivity contribution in [2.75, 3.05) is 18.6 Å². The van der Waals surface area contributed by atoms with Crippen LogP contribution in [0.15, 0.2) is 77.3 Å². The van der Waals surface area contributed by atoms with Crippen LogP contribution in [0, 0.1) is 11.3 Å². The van der Waals surface area contributed by atoms with Crippen molar-refractivity contribution in [2.45, 2.75) is 23.8 Å². The van der Waals surface area contributed by atoms with Gasteiger partial charge in [0, 0.05) is 12.2 Å². The van der Waals surface area contributed by atoms with E-state index in [1.54, 1.807) is 23.3 Å². The SMILES string of the molecule is COc1ccccc1-n1c(SC(C)C(=O)N(CCC#N)c2ccccc2)nnc1-c1cccs1. The van der Waals surface area contributed by atoms with Crippen molar-refractivity contribution in [1.82, 2.24) is 14.8 Å². The first-order chi connectivity index (χ1) is 16.6. The molecule has 0 aliphatic heterocycles. The summed E-state index contributed by atoms with van der Waals surface area (Å²) < 4.78 is 7.53. The summed E-state index contributed by atoms with van der Waals surface area (Å²) in [5.74, 6) is 1.27. The summed E-state index contributed by atoms with van der Waals surface area (Å²) >= 11 is 2.90. The third-order valence-corrected chi connectivity index (χ3v) is 7.01. The molecule has 0 spiro atoms. The molecular weight excluding hydrogens is 466 g/mol. The van der Waals surface area contributed by atoms with Gasteiger partial charge in [-0.05, 0) is 42.6 Å². The number of hydrogen-bond acceptors (Lipinski definition) is 7. The molecular formula is C25H23N5O2S2. The number of methoxy groups -OCH3 is 1. The minimum absolute atomic E-state index is 0.0984. The fourth-order valence-corrected chi connectivity index (χ4v) is 5.13. The highest BCUT2D eigenvalue weighted by molar-refractivity contribution is 8.00. The summed E-state index contributed by atoms with van der Waals surface area (Å²) in [4.78, 5) is 16.1. The fraction of sp³-hybridized carbons (Fsp3) is 0.200. The van der Waals surface area contributed by atoms with Gasteiger partial charge in [-0.2, -0.15) is 5.26 Å². The molecule has 0 bridgehead atoms. The summed E-state index contributed by atoms with van der Waals surface area (Å²) in [6, 6.07) is 23.2. The molecule has 172 valence electrons. The molecule has 34 heavy (non-hydrogen) atoms. The molecule has 0 radical (unpaired) electrons. The number of anilines is 1. The topological polar surface area (TPSA) is 84.0 Å². The maximum Gasteiger partial charge on any atom is 0.240 e. The average Bonchev–Trinajstić information content (AvgIpc) is 3.55. The van der Waals surface area contributed by atoms with Gasteiger partial charge in [0.2, 0.25) is 5.91 Å². The maximum atomic E-state index is 13.5. The Morgan fingerprint density at radius 3 is 2.62 bits per heavy atom. The van der Waals surface area contributed by atoms with Crippen LogP contribution in [-0.2, 0) is 4.79 Å². The zero-order valence-corrected chi connectivity index (χ0v) is 20.4. The van der Waals surface area contributed by atoms with E-state index in [-0.39, 0.29) is 12.3 Å². The van der Waals surface area contributed by atoms with Gasteiger partial charge < -0.3 is 9.64 Å². The lowest BCUT2D eigenvalue weighted by molar-refractivity contribution is -0.117. The van der Waals surface area contributed by atoms with Gasteiger partial charge in [0.05, 0.1) is 35.4 Å². The predicted octanol–water partition coefficient (Wildman–Crippen LogP) is 5.43. The molecule has 0 fully saturated rings. The Hall–Kier alpha value is -3.61. The second-order valence-electron chi connectivity index (χ2n) is 7.28. The van der Waals surface area contributed by atoms with Crippen LogP contribution in [0.5, 0.6) is 5.75 Å². The molecule has 2 aromatic heterocycles. The van der Waals surface area contributed by atoms with E-state index in [0.717, 1.165) is 16.3 Å². The van der Waals surface area contributed by atoms with E-state index in [0.29, 0.717) is 23.3 Å². The molecule has 0 aliphatic rings. The van der Waals surface area contributed by atoms with Crippen molar-refractivity contribution < 1.29 is 9.53 Å². The lowest BCUT2D eigenvalue weighted by Crippen LogP contribution is -2.37. The molecule has 9 heteroatoms. The summed E-state index contributed by atoms with van der Waals surface area (Å²) in [6.45, 7) is 2.17. The number of amides is 1. The zero-order chi connectivity index (χ0) is 23.9. The number of thiophene rings is 1. The zero-order valence-electron chi connectivity index (χ0n) is 18.8. The Bertz CT molecular complexity index is 1280. The number of aromatic nitrogens is 3. The minimum Gasteiger partial charge on any atom is -0.495 e. The smallest absolute Gasteiger partial charge is 0.240 e. The first-order valence-electron chi connectivity index (χ1n) is 10.7. The first-order valence-corrected chi connectivity index (χ1v) is 12.4. The molecule has 0 saturated heterocycles. The van der Waals surface area contributed by atoms with Crippen molar-refractivity contribution >= 4 is 34.7 Å². The second-order valence-corrected chi connectivity index (χ2v) is 9.54. The highest BCUT2D eigenvalue weighted by Gasteiger charge is 2.27. The Kier molecular flexibility index (Phi) is 7.62.